The molecule has 1 atom stereocenters. The van der Waals surface area contributed by atoms with Crippen LogP contribution in [0.4, 0.5) is 0 Å². The molecule has 3 aromatic rings. The summed E-state index contributed by atoms with van der Waals surface area (Å²) in [4.78, 5) is 29.4. The number of aryl methyl sites for hydroxylation is 1. The summed E-state index contributed by atoms with van der Waals surface area (Å²) in [6.07, 6.45) is 1.63. The van der Waals surface area contributed by atoms with Crippen molar-refractivity contribution >= 4 is 22.9 Å². The highest BCUT2D eigenvalue weighted by molar-refractivity contribution is 6.05. The number of benzene rings is 1. The van der Waals surface area contributed by atoms with Crippen LogP contribution in [0, 0.1) is 6.92 Å². The summed E-state index contributed by atoms with van der Waals surface area (Å²) in [5, 5.41) is 17.6. The quantitative estimate of drug-likeness (QED) is 0.685. The summed E-state index contributed by atoms with van der Waals surface area (Å²) in [6.45, 7) is 7.38. The first-order chi connectivity index (χ1) is 13.2. The summed E-state index contributed by atoms with van der Waals surface area (Å²) < 4.78 is 1.77. The second-order valence-corrected chi connectivity index (χ2v) is 7.42. The highest BCUT2D eigenvalue weighted by Crippen LogP contribution is 2.25. The predicted octanol–water partition coefficient (Wildman–Crippen LogP) is 3.09. The lowest BCUT2D eigenvalue weighted by Crippen LogP contribution is -2.44. The second-order valence-electron chi connectivity index (χ2n) is 7.42. The van der Waals surface area contributed by atoms with Crippen LogP contribution in [0.25, 0.3) is 11.0 Å². The van der Waals surface area contributed by atoms with Gasteiger partial charge in [-0.1, -0.05) is 30.3 Å². The van der Waals surface area contributed by atoms with Crippen molar-refractivity contribution in [3.63, 3.8) is 0 Å². The number of hydrogen-bond acceptors (Lipinski definition) is 4. The van der Waals surface area contributed by atoms with Gasteiger partial charge < -0.3 is 10.4 Å². The van der Waals surface area contributed by atoms with Gasteiger partial charge in [0.15, 0.2) is 5.65 Å². The Labute approximate surface area is 163 Å². The van der Waals surface area contributed by atoms with E-state index in [1.807, 2.05) is 26.8 Å². The van der Waals surface area contributed by atoms with E-state index in [9.17, 15) is 14.7 Å². The number of fused-ring (bicyclic) bond motifs is 1. The van der Waals surface area contributed by atoms with E-state index in [0.29, 0.717) is 27.9 Å². The molecule has 0 spiro atoms. The number of carbonyl (C=O) groups excluding carboxylic acids is 1. The molecule has 0 saturated heterocycles. The van der Waals surface area contributed by atoms with Crippen LogP contribution in [0.2, 0.25) is 0 Å². The Morgan fingerprint density at radius 1 is 1.25 bits per heavy atom. The van der Waals surface area contributed by atoms with E-state index in [-0.39, 0.29) is 18.5 Å². The van der Waals surface area contributed by atoms with Crippen molar-refractivity contribution in [1.82, 2.24) is 20.1 Å². The highest BCUT2D eigenvalue weighted by atomic mass is 16.4. The van der Waals surface area contributed by atoms with Gasteiger partial charge in [-0.2, -0.15) is 5.10 Å². The Morgan fingerprint density at radius 3 is 2.54 bits per heavy atom. The zero-order valence-electron chi connectivity index (χ0n) is 16.4. The lowest BCUT2D eigenvalue weighted by atomic mass is 9.82. The Balaban J connectivity index is 1.92. The smallest absolute Gasteiger partial charge is 0.315 e. The molecular weight excluding hydrogens is 356 g/mol. The molecule has 1 aromatic carbocycles. The first-order valence-corrected chi connectivity index (χ1v) is 9.16. The Morgan fingerprint density at radius 2 is 1.93 bits per heavy atom. The topological polar surface area (TPSA) is 97.1 Å². The van der Waals surface area contributed by atoms with E-state index in [1.165, 1.54) is 0 Å². The van der Waals surface area contributed by atoms with Gasteiger partial charge in [0.1, 0.15) is 5.41 Å². The first-order valence-electron chi connectivity index (χ1n) is 9.16. The summed E-state index contributed by atoms with van der Waals surface area (Å²) >= 11 is 0. The van der Waals surface area contributed by atoms with Crippen molar-refractivity contribution < 1.29 is 14.7 Å². The van der Waals surface area contributed by atoms with Crippen molar-refractivity contribution in [2.24, 2.45) is 0 Å². The molecule has 7 heteroatoms. The molecule has 0 aliphatic carbocycles. The van der Waals surface area contributed by atoms with Crippen LogP contribution >= 0.6 is 0 Å². The van der Waals surface area contributed by atoms with E-state index in [1.54, 1.807) is 48.1 Å². The largest absolute Gasteiger partial charge is 0.481 e. The van der Waals surface area contributed by atoms with Crippen LogP contribution in [0.3, 0.4) is 0 Å². The molecule has 0 saturated carbocycles. The molecule has 1 amide bonds. The SMILES string of the molecule is Cc1cc(C(=O)NCC(C)(C(=O)O)c2ccccc2)c2cnn(C(C)C)c2n1. The van der Waals surface area contributed by atoms with Gasteiger partial charge in [0.2, 0.25) is 0 Å². The molecule has 0 aliphatic heterocycles. The van der Waals surface area contributed by atoms with Crippen molar-refractivity contribution in [1.29, 1.82) is 0 Å². The molecule has 28 heavy (non-hydrogen) atoms. The van der Waals surface area contributed by atoms with E-state index in [2.05, 4.69) is 15.4 Å². The summed E-state index contributed by atoms with van der Waals surface area (Å²) in [7, 11) is 0. The lowest BCUT2D eigenvalue weighted by Gasteiger charge is -2.25. The average Bonchev–Trinajstić information content (AvgIpc) is 3.09. The Kier molecular flexibility index (Phi) is 5.18. The minimum absolute atomic E-state index is 0.0354. The van der Waals surface area contributed by atoms with Crippen LogP contribution in [0.5, 0.6) is 0 Å². The number of carbonyl (C=O) groups is 2. The van der Waals surface area contributed by atoms with Gasteiger partial charge in [-0.05, 0) is 39.3 Å². The van der Waals surface area contributed by atoms with Gasteiger partial charge in [-0.3, -0.25) is 9.59 Å². The van der Waals surface area contributed by atoms with Crippen LogP contribution < -0.4 is 5.32 Å². The standard InChI is InChI=1S/C21H24N4O3/c1-13(2)25-18-17(11-23-25)16(10-14(3)24-18)19(26)22-12-21(4,20(27)28)15-8-6-5-7-9-15/h5-11,13H,12H2,1-4H3,(H,22,26)(H,27,28). The Hall–Kier alpha value is -3.22. The molecule has 0 fully saturated rings. The summed E-state index contributed by atoms with van der Waals surface area (Å²) in [5.74, 6) is -1.34. The van der Waals surface area contributed by atoms with E-state index < -0.39 is 11.4 Å². The Bertz CT molecular complexity index is 1030. The molecule has 3 rings (SSSR count). The molecular formula is C21H24N4O3. The molecule has 2 aromatic heterocycles. The molecule has 0 bridgehead atoms. The molecule has 1 unspecified atom stereocenters. The van der Waals surface area contributed by atoms with E-state index in [4.69, 9.17) is 0 Å². The maximum absolute atomic E-state index is 12.9. The lowest BCUT2D eigenvalue weighted by molar-refractivity contribution is -0.142. The average molecular weight is 380 g/mol. The number of carboxylic acid groups (broad SMARTS) is 1. The molecule has 146 valence electrons. The maximum atomic E-state index is 12.9. The minimum Gasteiger partial charge on any atom is -0.481 e. The third-order valence-corrected chi connectivity index (χ3v) is 4.91. The maximum Gasteiger partial charge on any atom is 0.315 e. The summed E-state index contributed by atoms with van der Waals surface area (Å²) in [5.41, 5.74) is 1.18. The van der Waals surface area contributed by atoms with Gasteiger partial charge in [0, 0.05) is 18.3 Å². The number of nitrogens with zero attached hydrogens (tertiary/aromatic N) is 3. The fraction of sp³-hybridized carbons (Fsp3) is 0.333. The normalized spacial score (nSPS) is 13.5. The number of rotatable bonds is 6. The number of carboxylic acids is 1. The number of nitrogens with one attached hydrogen (secondary N) is 1. The van der Waals surface area contributed by atoms with Gasteiger partial charge in [0.05, 0.1) is 17.1 Å². The van der Waals surface area contributed by atoms with Crippen LogP contribution in [0.15, 0.2) is 42.6 Å². The third-order valence-electron chi connectivity index (χ3n) is 4.91. The fourth-order valence-electron chi connectivity index (χ4n) is 3.17. The molecule has 2 heterocycles. The zero-order valence-corrected chi connectivity index (χ0v) is 16.4. The van der Waals surface area contributed by atoms with E-state index >= 15 is 0 Å². The number of hydrogen-bond donors (Lipinski definition) is 2. The number of pyridine rings is 1. The van der Waals surface area contributed by atoms with Crippen molar-refractivity contribution in [3.05, 3.63) is 59.4 Å². The van der Waals surface area contributed by atoms with Gasteiger partial charge in [0.25, 0.3) is 5.91 Å². The minimum atomic E-state index is -1.24. The zero-order chi connectivity index (χ0) is 20.5. The highest BCUT2D eigenvalue weighted by Gasteiger charge is 2.35. The van der Waals surface area contributed by atoms with Crippen molar-refractivity contribution in [3.8, 4) is 0 Å². The molecule has 0 radical (unpaired) electrons. The number of amides is 1. The van der Waals surface area contributed by atoms with Gasteiger partial charge in [-0.15, -0.1) is 0 Å². The number of aromatic nitrogens is 3. The first kappa shape index (κ1) is 19.5. The van der Waals surface area contributed by atoms with Crippen molar-refractivity contribution in [2.75, 3.05) is 6.54 Å². The van der Waals surface area contributed by atoms with Crippen LogP contribution in [0.1, 0.15) is 48.4 Å². The van der Waals surface area contributed by atoms with E-state index in [0.717, 1.165) is 0 Å². The monoisotopic (exact) mass is 380 g/mol. The summed E-state index contributed by atoms with van der Waals surface area (Å²) in [6, 6.07) is 10.7. The molecule has 0 aliphatic rings. The van der Waals surface area contributed by atoms with Crippen molar-refractivity contribution in [2.45, 2.75) is 39.2 Å². The molecule has 2 N–H and O–H groups in total. The predicted molar refractivity (Wildman–Crippen MR) is 106 cm³/mol. The fourth-order valence-corrected chi connectivity index (χ4v) is 3.17. The third kappa shape index (κ3) is 3.47. The van der Waals surface area contributed by atoms with Gasteiger partial charge in [-0.25, -0.2) is 9.67 Å². The molecule has 7 nitrogen and oxygen atoms in total. The van der Waals surface area contributed by atoms with Crippen LogP contribution in [-0.2, 0) is 10.2 Å². The van der Waals surface area contributed by atoms with Crippen LogP contribution in [-0.4, -0.2) is 38.3 Å². The van der Waals surface area contributed by atoms with Gasteiger partial charge >= 0.3 is 5.97 Å². The number of aliphatic carboxylic acids is 1. The second kappa shape index (κ2) is 7.42.